The first-order chi connectivity index (χ1) is 8.04. The maximum Gasteiger partial charge on any atom is 0.224 e. The van der Waals surface area contributed by atoms with E-state index >= 15 is 0 Å². The van der Waals surface area contributed by atoms with Crippen molar-refractivity contribution in [1.29, 1.82) is 0 Å². The van der Waals surface area contributed by atoms with Crippen molar-refractivity contribution >= 4 is 5.84 Å². The van der Waals surface area contributed by atoms with E-state index in [0.717, 1.165) is 12.1 Å². The van der Waals surface area contributed by atoms with Gasteiger partial charge in [0.1, 0.15) is 0 Å². The van der Waals surface area contributed by atoms with E-state index in [0.29, 0.717) is 24.0 Å². The Morgan fingerprint density at radius 2 is 2.24 bits per heavy atom. The molecular formula is C12H19N3O2. The van der Waals surface area contributed by atoms with Gasteiger partial charge in [-0.25, -0.2) is 4.98 Å². The van der Waals surface area contributed by atoms with Crippen molar-refractivity contribution in [3.05, 3.63) is 23.4 Å². The van der Waals surface area contributed by atoms with E-state index in [2.05, 4.69) is 24.0 Å². The molecule has 0 aliphatic carbocycles. The number of hydrogen-bond donors (Lipinski definition) is 2. The van der Waals surface area contributed by atoms with Gasteiger partial charge >= 0.3 is 0 Å². The second-order valence-corrected chi connectivity index (χ2v) is 4.32. The van der Waals surface area contributed by atoms with Crippen LogP contribution in [0.2, 0.25) is 0 Å². The molecule has 94 valence electrons. The predicted octanol–water partition coefficient (Wildman–Crippen LogP) is 1.91. The highest BCUT2D eigenvalue weighted by Gasteiger charge is 2.10. The second-order valence-electron chi connectivity index (χ2n) is 4.32. The molecule has 0 aromatic carbocycles. The molecule has 1 heterocycles. The van der Waals surface area contributed by atoms with Crippen LogP contribution in [-0.2, 0) is 0 Å². The van der Waals surface area contributed by atoms with Gasteiger partial charge in [-0.3, -0.25) is 0 Å². The normalized spacial score (nSPS) is 11.9. The molecule has 0 saturated heterocycles. The standard InChI is InChI=1S/C12H19N3O2/c1-8(2)6-7-17-12-10(11(13)15-16)5-4-9(3)14-12/h4-5,8,16H,6-7H2,1-3H3,(H2,13,15). The highest BCUT2D eigenvalue weighted by atomic mass is 16.5. The van der Waals surface area contributed by atoms with Gasteiger partial charge < -0.3 is 15.7 Å². The van der Waals surface area contributed by atoms with E-state index in [1.807, 2.05) is 6.92 Å². The van der Waals surface area contributed by atoms with Crippen LogP contribution in [0.1, 0.15) is 31.5 Å². The highest BCUT2D eigenvalue weighted by molar-refractivity contribution is 5.99. The fourth-order valence-corrected chi connectivity index (χ4v) is 1.28. The van der Waals surface area contributed by atoms with Crippen LogP contribution in [0.25, 0.3) is 0 Å². The summed E-state index contributed by atoms with van der Waals surface area (Å²) in [5.41, 5.74) is 6.90. The summed E-state index contributed by atoms with van der Waals surface area (Å²) in [4.78, 5) is 4.24. The van der Waals surface area contributed by atoms with Crippen LogP contribution >= 0.6 is 0 Å². The molecule has 0 unspecified atom stereocenters. The lowest BCUT2D eigenvalue weighted by Gasteiger charge is -2.11. The molecule has 0 aliphatic heterocycles. The molecule has 0 radical (unpaired) electrons. The Labute approximate surface area is 101 Å². The Morgan fingerprint density at radius 1 is 1.53 bits per heavy atom. The number of pyridine rings is 1. The first kappa shape index (κ1) is 13.3. The van der Waals surface area contributed by atoms with Crippen molar-refractivity contribution in [2.24, 2.45) is 16.8 Å². The number of aryl methyl sites for hydroxylation is 1. The lowest BCUT2D eigenvalue weighted by Crippen LogP contribution is -2.16. The van der Waals surface area contributed by atoms with Crippen LogP contribution in [0.15, 0.2) is 17.3 Å². The second kappa shape index (κ2) is 6.08. The maximum atomic E-state index is 8.68. The predicted molar refractivity (Wildman–Crippen MR) is 66.4 cm³/mol. The Hall–Kier alpha value is -1.78. The minimum atomic E-state index is 0.0112. The summed E-state index contributed by atoms with van der Waals surface area (Å²) in [5, 5.41) is 11.6. The molecule has 0 aliphatic rings. The topological polar surface area (TPSA) is 80.7 Å². The van der Waals surface area contributed by atoms with Crippen molar-refractivity contribution in [3.63, 3.8) is 0 Å². The zero-order chi connectivity index (χ0) is 12.8. The maximum absolute atomic E-state index is 8.68. The number of oxime groups is 1. The van der Waals surface area contributed by atoms with E-state index in [-0.39, 0.29) is 5.84 Å². The number of hydrogen-bond acceptors (Lipinski definition) is 4. The van der Waals surface area contributed by atoms with Gasteiger partial charge in [0, 0.05) is 5.69 Å². The van der Waals surface area contributed by atoms with Crippen LogP contribution in [0, 0.1) is 12.8 Å². The third-order valence-corrected chi connectivity index (χ3v) is 2.32. The van der Waals surface area contributed by atoms with Gasteiger partial charge in [-0.1, -0.05) is 19.0 Å². The lowest BCUT2D eigenvalue weighted by molar-refractivity contribution is 0.277. The molecular weight excluding hydrogens is 218 g/mol. The fraction of sp³-hybridized carbons (Fsp3) is 0.500. The molecule has 0 spiro atoms. The molecule has 17 heavy (non-hydrogen) atoms. The SMILES string of the molecule is Cc1ccc(C(N)=NO)c(OCCC(C)C)n1. The van der Waals surface area contributed by atoms with Crippen molar-refractivity contribution in [1.82, 2.24) is 4.98 Å². The van der Waals surface area contributed by atoms with E-state index < -0.39 is 0 Å². The molecule has 0 fully saturated rings. The molecule has 0 saturated carbocycles. The molecule has 5 heteroatoms. The average molecular weight is 237 g/mol. The summed E-state index contributed by atoms with van der Waals surface area (Å²) in [5.74, 6) is 0.991. The summed E-state index contributed by atoms with van der Waals surface area (Å²) in [6.07, 6.45) is 0.936. The monoisotopic (exact) mass is 237 g/mol. The summed E-state index contributed by atoms with van der Waals surface area (Å²) in [6.45, 7) is 6.68. The first-order valence-electron chi connectivity index (χ1n) is 5.63. The Kier molecular flexibility index (Phi) is 4.75. The number of ether oxygens (including phenoxy) is 1. The van der Waals surface area contributed by atoms with E-state index in [9.17, 15) is 0 Å². The zero-order valence-corrected chi connectivity index (χ0v) is 10.5. The quantitative estimate of drug-likeness (QED) is 0.355. The Morgan fingerprint density at radius 3 is 2.82 bits per heavy atom. The van der Waals surface area contributed by atoms with E-state index in [1.54, 1.807) is 12.1 Å². The van der Waals surface area contributed by atoms with Gasteiger partial charge in [0.15, 0.2) is 5.84 Å². The summed E-state index contributed by atoms with van der Waals surface area (Å²) >= 11 is 0. The Bertz CT molecular complexity index is 403. The lowest BCUT2D eigenvalue weighted by atomic mass is 10.1. The molecule has 0 atom stereocenters. The number of aromatic nitrogens is 1. The van der Waals surface area contributed by atoms with Crippen LogP contribution < -0.4 is 10.5 Å². The van der Waals surface area contributed by atoms with Gasteiger partial charge in [0.2, 0.25) is 5.88 Å². The third-order valence-electron chi connectivity index (χ3n) is 2.32. The van der Waals surface area contributed by atoms with Crippen LogP contribution in [-0.4, -0.2) is 22.6 Å². The van der Waals surface area contributed by atoms with Crippen molar-refractivity contribution in [2.75, 3.05) is 6.61 Å². The Balaban J connectivity index is 2.84. The number of nitrogens with zero attached hydrogens (tertiary/aromatic N) is 2. The average Bonchev–Trinajstić information content (AvgIpc) is 2.28. The smallest absolute Gasteiger partial charge is 0.224 e. The summed E-state index contributed by atoms with van der Waals surface area (Å²) in [6, 6.07) is 3.53. The van der Waals surface area contributed by atoms with Crippen LogP contribution in [0.3, 0.4) is 0 Å². The minimum Gasteiger partial charge on any atom is -0.477 e. The highest BCUT2D eigenvalue weighted by Crippen LogP contribution is 2.16. The first-order valence-corrected chi connectivity index (χ1v) is 5.63. The van der Waals surface area contributed by atoms with Crippen LogP contribution in [0.4, 0.5) is 0 Å². The third kappa shape index (κ3) is 3.94. The van der Waals surface area contributed by atoms with Crippen molar-refractivity contribution in [3.8, 4) is 5.88 Å². The number of rotatable bonds is 5. The molecule has 3 N–H and O–H groups in total. The van der Waals surface area contributed by atoms with Crippen molar-refractivity contribution in [2.45, 2.75) is 27.2 Å². The summed E-state index contributed by atoms with van der Waals surface area (Å²) in [7, 11) is 0. The van der Waals surface area contributed by atoms with Gasteiger partial charge in [-0.15, -0.1) is 0 Å². The molecule has 1 aromatic heterocycles. The van der Waals surface area contributed by atoms with Gasteiger partial charge in [0.25, 0.3) is 0 Å². The number of nitrogens with two attached hydrogens (primary N) is 1. The van der Waals surface area contributed by atoms with E-state index in [1.165, 1.54) is 0 Å². The zero-order valence-electron chi connectivity index (χ0n) is 10.5. The van der Waals surface area contributed by atoms with E-state index in [4.69, 9.17) is 15.7 Å². The van der Waals surface area contributed by atoms with Crippen LogP contribution in [0.5, 0.6) is 5.88 Å². The molecule has 1 rings (SSSR count). The van der Waals surface area contributed by atoms with Gasteiger partial charge in [0.05, 0.1) is 12.2 Å². The largest absolute Gasteiger partial charge is 0.477 e. The van der Waals surface area contributed by atoms with Gasteiger partial charge in [-0.05, 0) is 31.4 Å². The number of amidine groups is 1. The molecule has 1 aromatic rings. The molecule has 5 nitrogen and oxygen atoms in total. The van der Waals surface area contributed by atoms with Gasteiger partial charge in [-0.2, -0.15) is 0 Å². The minimum absolute atomic E-state index is 0.0112. The van der Waals surface area contributed by atoms with Crippen molar-refractivity contribution < 1.29 is 9.94 Å². The molecule has 0 bridgehead atoms. The molecule has 0 amide bonds. The fourth-order valence-electron chi connectivity index (χ4n) is 1.28. The summed E-state index contributed by atoms with van der Waals surface area (Å²) < 4.78 is 5.57.